The van der Waals surface area contributed by atoms with E-state index in [-0.39, 0.29) is 18.6 Å². The number of fused-ring (bicyclic) bond motifs is 1. The Morgan fingerprint density at radius 3 is 2.08 bits per heavy atom. The highest BCUT2D eigenvalue weighted by Gasteiger charge is 2.63. The molecule has 0 N–H and O–H groups in total. The number of carbonyl (C=O) groups excluding carboxylic acids is 2. The molecule has 0 aromatic heterocycles. The summed E-state index contributed by atoms with van der Waals surface area (Å²) < 4.78 is 34.1. The van der Waals surface area contributed by atoms with Gasteiger partial charge in [-0.05, 0) is 33.5 Å². The fraction of sp³-hybridized carbons (Fsp3) is 0.882. The molecule has 0 spiro atoms. The summed E-state index contributed by atoms with van der Waals surface area (Å²) in [5.41, 5.74) is -1.38. The Morgan fingerprint density at radius 2 is 1.62 bits per heavy atom. The Labute approximate surface area is 155 Å². The Kier molecular flexibility index (Phi) is 5.74. The van der Waals surface area contributed by atoms with Crippen molar-refractivity contribution in [3.8, 4) is 0 Å². The Balaban J connectivity index is 2.41. The molecule has 9 heteroatoms. The van der Waals surface area contributed by atoms with Crippen LogP contribution in [0.5, 0.6) is 0 Å². The predicted molar refractivity (Wildman–Crippen MR) is 94.0 cm³/mol. The van der Waals surface area contributed by atoms with Gasteiger partial charge in [0.2, 0.25) is 11.6 Å². The van der Waals surface area contributed by atoms with E-state index in [0.717, 1.165) is 0 Å². The zero-order valence-electron chi connectivity index (χ0n) is 16.8. The monoisotopic (exact) mass is 390 g/mol. The maximum atomic E-state index is 12.9. The largest absolute Gasteiger partial charge is 0.467 e. The van der Waals surface area contributed by atoms with Crippen LogP contribution < -0.4 is 0 Å². The molecule has 1 aliphatic heterocycles. The maximum Gasteiger partial charge on any atom is 0.337 e. The highest BCUT2D eigenvalue weighted by molar-refractivity contribution is 6.70. The van der Waals surface area contributed by atoms with E-state index in [9.17, 15) is 9.59 Å². The highest BCUT2D eigenvalue weighted by atomic mass is 28.4. The molecule has 1 aliphatic carbocycles. The van der Waals surface area contributed by atoms with Gasteiger partial charge < -0.3 is 28.1 Å². The number of rotatable bonds is 5. The third-order valence-electron chi connectivity index (χ3n) is 5.04. The molecule has 8 nitrogen and oxygen atoms in total. The summed E-state index contributed by atoms with van der Waals surface area (Å²) in [6.07, 6.45) is -1.58. The summed E-state index contributed by atoms with van der Waals surface area (Å²) in [5.74, 6) is -3.40. The van der Waals surface area contributed by atoms with Crippen LogP contribution in [0.2, 0.25) is 19.6 Å². The molecule has 1 saturated carbocycles. The average molecular weight is 391 g/mol. The summed E-state index contributed by atoms with van der Waals surface area (Å²) in [5, 5.41) is 0. The average Bonchev–Trinajstić information content (AvgIpc) is 2.54. The number of methoxy groups -OCH3 is 3. The van der Waals surface area contributed by atoms with E-state index < -0.39 is 43.7 Å². The number of ketones is 1. The van der Waals surface area contributed by atoms with E-state index in [2.05, 4.69) is 0 Å². The van der Waals surface area contributed by atoms with E-state index in [4.69, 9.17) is 28.1 Å². The smallest absolute Gasteiger partial charge is 0.337 e. The maximum absolute atomic E-state index is 12.9. The molecule has 0 aromatic carbocycles. The third-order valence-corrected chi connectivity index (χ3v) is 6.04. The molecule has 0 radical (unpaired) electrons. The molecule has 2 aliphatic rings. The number of hydrogen-bond donors (Lipinski definition) is 0. The molecular weight excluding hydrogens is 360 g/mol. The van der Waals surface area contributed by atoms with Gasteiger partial charge in [0.1, 0.15) is 6.10 Å². The molecular formula is C17H30O8Si. The van der Waals surface area contributed by atoms with Crippen LogP contribution in [0.15, 0.2) is 0 Å². The molecule has 5 atom stereocenters. The number of hydrogen-bond acceptors (Lipinski definition) is 8. The lowest BCUT2D eigenvalue weighted by Gasteiger charge is -2.55. The first kappa shape index (κ1) is 21.5. The number of esters is 1. The van der Waals surface area contributed by atoms with Gasteiger partial charge >= 0.3 is 5.97 Å². The van der Waals surface area contributed by atoms with Gasteiger partial charge in [-0.1, -0.05) is 0 Å². The second kappa shape index (κ2) is 6.96. The van der Waals surface area contributed by atoms with Gasteiger partial charge in [-0.2, -0.15) is 0 Å². The molecule has 1 saturated heterocycles. The molecule has 0 bridgehead atoms. The van der Waals surface area contributed by atoms with Crippen molar-refractivity contribution >= 4 is 20.1 Å². The van der Waals surface area contributed by atoms with Crippen LogP contribution in [-0.4, -0.2) is 70.8 Å². The van der Waals surface area contributed by atoms with Crippen molar-refractivity contribution in [2.24, 2.45) is 0 Å². The van der Waals surface area contributed by atoms with Crippen molar-refractivity contribution in [1.29, 1.82) is 0 Å². The lowest BCUT2D eigenvalue weighted by molar-refractivity contribution is -0.445. The standard InChI is InChI=1S/C17H30O8Si/c1-15(21-4)16(2,22-5)24-13-11(18)9-17(14(19)20-3,10-12(13)23-15)25-26(6,7)8/h12-13H,9-10H2,1-8H3/t12-,13-,15+,16+,17+/m1/s1. The SMILES string of the molecule is COC(=O)[C@]1(O[Si](C)(C)C)CC(=O)[C@H]2O[C@](C)(OC)[C@@](C)(OC)O[C@@H]2C1. The molecule has 2 fully saturated rings. The van der Waals surface area contributed by atoms with Crippen LogP contribution in [0, 0.1) is 0 Å². The van der Waals surface area contributed by atoms with Crippen LogP contribution in [0.4, 0.5) is 0 Å². The van der Waals surface area contributed by atoms with Gasteiger partial charge in [0.05, 0.1) is 13.2 Å². The van der Waals surface area contributed by atoms with Gasteiger partial charge in [0, 0.05) is 27.1 Å². The van der Waals surface area contributed by atoms with Crippen LogP contribution in [-0.2, 0) is 37.7 Å². The van der Waals surface area contributed by atoms with E-state index in [1.165, 1.54) is 21.3 Å². The second-order valence-corrected chi connectivity index (χ2v) is 12.5. The fourth-order valence-electron chi connectivity index (χ4n) is 3.60. The van der Waals surface area contributed by atoms with Crippen molar-refractivity contribution in [1.82, 2.24) is 0 Å². The van der Waals surface area contributed by atoms with Crippen LogP contribution in [0.3, 0.4) is 0 Å². The third kappa shape index (κ3) is 3.60. The summed E-state index contributed by atoms with van der Waals surface area (Å²) >= 11 is 0. The number of carbonyl (C=O) groups is 2. The van der Waals surface area contributed by atoms with Crippen molar-refractivity contribution in [2.75, 3.05) is 21.3 Å². The van der Waals surface area contributed by atoms with E-state index in [1.54, 1.807) is 13.8 Å². The zero-order valence-corrected chi connectivity index (χ0v) is 17.8. The van der Waals surface area contributed by atoms with E-state index in [0.29, 0.717) is 0 Å². The first-order valence-electron chi connectivity index (χ1n) is 8.62. The van der Waals surface area contributed by atoms with Gasteiger partial charge in [0.15, 0.2) is 19.7 Å². The van der Waals surface area contributed by atoms with Crippen molar-refractivity contribution in [3.63, 3.8) is 0 Å². The zero-order chi connectivity index (χ0) is 20.0. The Bertz CT molecular complexity index is 576. The van der Waals surface area contributed by atoms with Gasteiger partial charge in [0.25, 0.3) is 0 Å². The molecule has 26 heavy (non-hydrogen) atoms. The lowest BCUT2D eigenvalue weighted by Crippen LogP contribution is -2.70. The van der Waals surface area contributed by atoms with Crippen molar-refractivity contribution < 1.29 is 37.7 Å². The highest BCUT2D eigenvalue weighted by Crippen LogP contribution is 2.46. The normalized spacial score (nSPS) is 40.8. The van der Waals surface area contributed by atoms with Crippen molar-refractivity contribution in [3.05, 3.63) is 0 Å². The molecule has 0 amide bonds. The van der Waals surface area contributed by atoms with Gasteiger partial charge in [-0.25, -0.2) is 4.79 Å². The number of ether oxygens (including phenoxy) is 5. The first-order valence-corrected chi connectivity index (χ1v) is 12.0. The molecule has 0 unspecified atom stereocenters. The molecule has 150 valence electrons. The minimum atomic E-state index is -2.17. The quantitative estimate of drug-likeness (QED) is 0.517. The Morgan fingerprint density at radius 1 is 1.08 bits per heavy atom. The van der Waals surface area contributed by atoms with E-state index >= 15 is 0 Å². The number of Topliss-reactive ketones (excluding diaryl/α,β-unsaturated/α-hetero) is 1. The second-order valence-electron chi connectivity index (χ2n) is 8.04. The molecule has 0 aromatic rings. The minimum Gasteiger partial charge on any atom is -0.467 e. The first-order chi connectivity index (χ1) is 11.9. The topological polar surface area (TPSA) is 89.5 Å². The van der Waals surface area contributed by atoms with E-state index in [1.807, 2.05) is 19.6 Å². The summed E-state index contributed by atoms with van der Waals surface area (Å²) in [6, 6.07) is 0. The molecule has 1 heterocycles. The summed E-state index contributed by atoms with van der Waals surface area (Å²) in [6.45, 7) is 9.18. The minimum absolute atomic E-state index is 0.127. The Hall–Kier alpha value is -0.843. The molecule has 2 rings (SSSR count). The van der Waals surface area contributed by atoms with Crippen LogP contribution in [0.25, 0.3) is 0 Å². The lowest BCUT2D eigenvalue weighted by atomic mass is 9.79. The van der Waals surface area contributed by atoms with Gasteiger partial charge in [-0.15, -0.1) is 0 Å². The van der Waals surface area contributed by atoms with Gasteiger partial charge in [-0.3, -0.25) is 4.79 Å². The van der Waals surface area contributed by atoms with Crippen LogP contribution >= 0.6 is 0 Å². The summed E-state index contributed by atoms with van der Waals surface area (Å²) in [4.78, 5) is 25.5. The summed E-state index contributed by atoms with van der Waals surface area (Å²) in [7, 11) is 2.05. The van der Waals surface area contributed by atoms with Crippen LogP contribution in [0.1, 0.15) is 26.7 Å². The fourth-order valence-corrected chi connectivity index (χ4v) is 5.01. The predicted octanol–water partition coefficient (Wildman–Crippen LogP) is 1.62. The van der Waals surface area contributed by atoms with Crippen molar-refractivity contribution in [2.45, 2.75) is 75.7 Å².